The van der Waals surface area contributed by atoms with Gasteiger partial charge in [-0.2, -0.15) is 0 Å². The van der Waals surface area contributed by atoms with E-state index in [1.807, 2.05) is 0 Å². The standard InChI is InChI=1S/C22H21ClN4O3S/c1-15-10-18(23)12-20(11-15)31(29,30)19-6-4-17(5-7-19)13-26-21(28)16(2)14-27-9-8-25-22(27)24-3/h4-12,14H,3,13H2,1-2H3,(H,26,28)/b16-14+. The van der Waals surface area contributed by atoms with Crippen molar-refractivity contribution in [3.63, 3.8) is 0 Å². The molecule has 0 radical (unpaired) electrons. The van der Waals surface area contributed by atoms with Crippen LogP contribution < -0.4 is 5.32 Å². The fraction of sp³-hybridized carbons (Fsp3) is 0.136. The largest absolute Gasteiger partial charge is 0.348 e. The molecule has 0 bridgehead atoms. The number of nitrogens with one attached hydrogen (secondary N) is 1. The first-order valence-corrected chi connectivity index (χ1v) is 11.1. The fourth-order valence-corrected chi connectivity index (χ4v) is 4.64. The van der Waals surface area contributed by atoms with Crippen LogP contribution in [0.2, 0.25) is 5.02 Å². The molecule has 1 aromatic heterocycles. The molecular weight excluding hydrogens is 436 g/mol. The van der Waals surface area contributed by atoms with Gasteiger partial charge in [0.15, 0.2) is 0 Å². The molecule has 0 fully saturated rings. The van der Waals surface area contributed by atoms with Gasteiger partial charge in [-0.15, -0.1) is 0 Å². The average Bonchev–Trinajstić information content (AvgIpc) is 3.18. The summed E-state index contributed by atoms with van der Waals surface area (Å²) in [6.45, 7) is 7.14. The van der Waals surface area contributed by atoms with E-state index in [2.05, 4.69) is 22.0 Å². The summed E-state index contributed by atoms with van der Waals surface area (Å²) in [6.07, 6.45) is 4.84. The predicted molar refractivity (Wildman–Crippen MR) is 121 cm³/mol. The molecule has 2 aromatic carbocycles. The van der Waals surface area contributed by atoms with Crippen molar-refractivity contribution in [2.24, 2.45) is 4.99 Å². The summed E-state index contributed by atoms with van der Waals surface area (Å²) in [6, 6.07) is 11.1. The molecule has 0 aliphatic rings. The van der Waals surface area contributed by atoms with Crippen molar-refractivity contribution >= 4 is 46.2 Å². The molecule has 1 heterocycles. The molecule has 0 spiro atoms. The molecule has 9 heteroatoms. The number of rotatable bonds is 7. The lowest BCUT2D eigenvalue weighted by atomic mass is 10.2. The van der Waals surface area contributed by atoms with E-state index in [0.717, 1.165) is 11.1 Å². The number of benzene rings is 2. The summed E-state index contributed by atoms with van der Waals surface area (Å²) in [5, 5.41) is 3.17. The van der Waals surface area contributed by atoms with E-state index in [-0.39, 0.29) is 22.2 Å². The highest BCUT2D eigenvalue weighted by atomic mass is 35.5. The number of hydrogen-bond acceptors (Lipinski definition) is 5. The van der Waals surface area contributed by atoms with Crippen molar-refractivity contribution in [2.45, 2.75) is 30.2 Å². The van der Waals surface area contributed by atoms with E-state index in [9.17, 15) is 13.2 Å². The van der Waals surface area contributed by atoms with Crippen molar-refractivity contribution in [3.8, 4) is 0 Å². The lowest BCUT2D eigenvalue weighted by Crippen LogP contribution is -2.23. The number of imidazole rings is 1. The predicted octanol–water partition coefficient (Wildman–Crippen LogP) is 4.19. The molecule has 0 aliphatic heterocycles. The van der Waals surface area contributed by atoms with Gasteiger partial charge in [0.25, 0.3) is 0 Å². The van der Waals surface area contributed by atoms with Crippen LogP contribution in [0.25, 0.3) is 6.20 Å². The SMILES string of the molecule is C=Nc1nccn1/C=C(\C)C(=O)NCc1ccc(S(=O)(=O)c2cc(C)cc(Cl)c2)cc1. The van der Waals surface area contributed by atoms with Crippen molar-refractivity contribution < 1.29 is 13.2 Å². The zero-order chi connectivity index (χ0) is 22.6. The minimum atomic E-state index is -3.68. The molecule has 7 nitrogen and oxygen atoms in total. The maximum absolute atomic E-state index is 12.9. The first kappa shape index (κ1) is 22.5. The number of carbonyl (C=O) groups excluding carboxylic acids is 1. The van der Waals surface area contributed by atoms with Gasteiger partial charge in [-0.3, -0.25) is 9.36 Å². The number of aliphatic imine (C=N–C) groups is 1. The molecule has 3 aromatic rings. The smallest absolute Gasteiger partial charge is 0.248 e. The molecule has 160 valence electrons. The van der Waals surface area contributed by atoms with Crippen LogP contribution in [0.3, 0.4) is 0 Å². The molecular formula is C22H21ClN4O3S. The summed E-state index contributed by atoms with van der Waals surface area (Å²) in [7, 11) is -3.68. The van der Waals surface area contributed by atoms with Gasteiger partial charge >= 0.3 is 0 Å². The number of sulfone groups is 1. The Labute approximate surface area is 186 Å². The Balaban J connectivity index is 1.69. The van der Waals surface area contributed by atoms with Gasteiger partial charge in [-0.05, 0) is 62.0 Å². The Bertz CT molecular complexity index is 1240. The Hall–Kier alpha value is -3.23. The van der Waals surface area contributed by atoms with E-state index in [1.54, 1.807) is 61.3 Å². The highest BCUT2D eigenvalue weighted by Crippen LogP contribution is 2.25. The second-order valence-corrected chi connectivity index (χ2v) is 9.29. The third-order valence-corrected chi connectivity index (χ3v) is 6.46. The van der Waals surface area contributed by atoms with Crippen LogP contribution >= 0.6 is 11.6 Å². The zero-order valence-corrected chi connectivity index (χ0v) is 18.6. The Morgan fingerprint density at radius 1 is 1.23 bits per heavy atom. The van der Waals surface area contributed by atoms with E-state index in [0.29, 0.717) is 16.5 Å². The minimum Gasteiger partial charge on any atom is -0.348 e. The molecule has 0 aliphatic carbocycles. The number of nitrogens with zero attached hydrogens (tertiary/aromatic N) is 3. The van der Waals surface area contributed by atoms with E-state index < -0.39 is 9.84 Å². The quantitative estimate of drug-likeness (QED) is 0.426. The van der Waals surface area contributed by atoms with E-state index in [1.165, 1.54) is 18.2 Å². The molecule has 3 rings (SSSR count). The molecule has 1 amide bonds. The van der Waals surface area contributed by atoms with Gasteiger partial charge in [-0.25, -0.2) is 18.4 Å². The lowest BCUT2D eigenvalue weighted by Gasteiger charge is -2.09. The Morgan fingerprint density at radius 2 is 1.94 bits per heavy atom. The van der Waals surface area contributed by atoms with Crippen LogP contribution in [0.1, 0.15) is 18.1 Å². The number of aryl methyl sites for hydroxylation is 1. The Kier molecular flexibility index (Phi) is 6.72. The fourth-order valence-electron chi connectivity index (χ4n) is 2.90. The van der Waals surface area contributed by atoms with Gasteiger partial charge < -0.3 is 5.32 Å². The molecule has 1 N–H and O–H groups in total. The van der Waals surface area contributed by atoms with E-state index in [4.69, 9.17) is 11.6 Å². The normalized spacial score (nSPS) is 11.9. The van der Waals surface area contributed by atoms with Crippen molar-refractivity contribution in [1.82, 2.24) is 14.9 Å². The molecule has 31 heavy (non-hydrogen) atoms. The number of halogens is 1. The highest BCUT2D eigenvalue weighted by molar-refractivity contribution is 7.91. The van der Waals surface area contributed by atoms with Crippen molar-refractivity contribution in [3.05, 3.63) is 76.6 Å². The number of carbonyl (C=O) groups is 1. The number of aromatic nitrogens is 2. The molecule has 0 unspecified atom stereocenters. The summed E-state index contributed by atoms with van der Waals surface area (Å²) >= 11 is 6.00. The monoisotopic (exact) mass is 456 g/mol. The maximum Gasteiger partial charge on any atom is 0.248 e. The van der Waals surface area contributed by atoms with Crippen molar-refractivity contribution in [1.29, 1.82) is 0 Å². The average molecular weight is 457 g/mol. The zero-order valence-electron chi connectivity index (χ0n) is 17.0. The van der Waals surface area contributed by atoms with Gasteiger partial charge in [0.05, 0.1) is 9.79 Å². The Morgan fingerprint density at radius 3 is 2.58 bits per heavy atom. The second-order valence-electron chi connectivity index (χ2n) is 6.90. The third kappa shape index (κ3) is 5.28. The lowest BCUT2D eigenvalue weighted by molar-refractivity contribution is -0.117. The molecule has 0 saturated heterocycles. The maximum atomic E-state index is 12.9. The molecule has 0 saturated carbocycles. The third-order valence-electron chi connectivity index (χ3n) is 4.49. The first-order valence-electron chi connectivity index (χ1n) is 9.28. The topological polar surface area (TPSA) is 93.4 Å². The van der Waals surface area contributed by atoms with Crippen LogP contribution in [-0.2, 0) is 21.2 Å². The van der Waals surface area contributed by atoms with Gasteiger partial charge in [0, 0.05) is 35.7 Å². The van der Waals surface area contributed by atoms with Crippen molar-refractivity contribution in [2.75, 3.05) is 0 Å². The summed E-state index contributed by atoms with van der Waals surface area (Å²) < 4.78 is 27.3. The first-order chi connectivity index (χ1) is 14.7. The molecule has 0 atom stereocenters. The van der Waals surface area contributed by atoms with Gasteiger partial charge in [0.2, 0.25) is 21.7 Å². The van der Waals surface area contributed by atoms with Crippen LogP contribution in [0.5, 0.6) is 0 Å². The van der Waals surface area contributed by atoms with E-state index >= 15 is 0 Å². The van der Waals surface area contributed by atoms with Crippen LogP contribution in [0.4, 0.5) is 5.95 Å². The number of amides is 1. The van der Waals surface area contributed by atoms with Gasteiger partial charge in [-0.1, -0.05) is 23.7 Å². The summed E-state index contributed by atoms with van der Waals surface area (Å²) in [4.78, 5) is 20.4. The minimum absolute atomic E-state index is 0.146. The second kappa shape index (κ2) is 9.28. The van der Waals surface area contributed by atoms with Crippen LogP contribution in [0, 0.1) is 6.92 Å². The summed E-state index contributed by atoms with van der Waals surface area (Å²) in [5.41, 5.74) is 1.98. The van der Waals surface area contributed by atoms with Gasteiger partial charge in [0.1, 0.15) is 0 Å². The van der Waals surface area contributed by atoms with Crippen LogP contribution in [-0.4, -0.2) is 30.6 Å². The summed E-state index contributed by atoms with van der Waals surface area (Å²) in [5.74, 6) is 0.119. The van der Waals surface area contributed by atoms with Crippen LogP contribution in [0.15, 0.2) is 75.2 Å². The highest BCUT2D eigenvalue weighted by Gasteiger charge is 2.18. The number of hydrogen-bond donors (Lipinski definition) is 1.